The fraction of sp³-hybridized carbons (Fsp3) is 0.167. The summed E-state index contributed by atoms with van der Waals surface area (Å²) in [5, 5.41) is 9.50. The molecule has 0 saturated carbocycles. The molecule has 1 heterocycles. The Hall–Kier alpha value is -2.70. The Morgan fingerprint density at radius 3 is 2.42 bits per heavy atom. The minimum atomic E-state index is -1.32. The molecule has 2 rings (SSSR count). The number of amides is 2. The molecule has 7 nitrogen and oxygen atoms in total. The van der Waals surface area contributed by atoms with Gasteiger partial charge in [0.1, 0.15) is 5.56 Å². The van der Waals surface area contributed by atoms with Gasteiger partial charge in [-0.25, -0.2) is 4.79 Å². The molecule has 98 valence electrons. The minimum Gasteiger partial charge on any atom is -0.478 e. The molecule has 1 aliphatic rings. The van der Waals surface area contributed by atoms with Crippen molar-refractivity contribution in [2.45, 2.75) is 12.8 Å². The third-order valence-corrected chi connectivity index (χ3v) is 2.59. The zero-order valence-corrected chi connectivity index (χ0v) is 9.66. The van der Waals surface area contributed by atoms with E-state index in [1.54, 1.807) is 0 Å². The number of imide groups is 1. The van der Waals surface area contributed by atoms with E-state index in [0.29, 0.717) is 11.3 Å². The predicted molar refractivity (Wildman–Crippen MR) is 60.5 cm³/mol. The molecule has 0 atom stereocenters. The number of nitrogens with zero attached hydrogens (tertiary/aromatic N) is 1. The van der Waals surface area contributed by atoms with Crippen molar-refractivity contribution in [2.24, 2.45) is 0 Å². The zero-order valence-electron chi connectivity index (χ0n) is 9.66. The molecule has 1 aromatic rings. The maximum atomic E-state index is 11.4. The van der Waals surface area contributed by atoms with E-state index in [4.69, 9.17) is 9.94 Å². The number of aromatic carboxylic acids is 1. The number of aldehydes is 1. The molecule has 1 aromatic carbocycles. The van der Waals surface area contributed by atoms with Crippen molar-refractivity contribution >= 4 is 24.1 Å². The molecule has 2 amide bonds. The van der Waals surface area contributed by atoms with Gasteiger partial charge in [-0.3, -0.25) is 14.4 Å². The van der Waals surface area contributed by atoms with Crippen molar-refractivity contribution in [1.29, 1.82) is 0 Å². The van der Waals surface area contributed by atoms with E-state index in [-0.39, 0.29) is 29.7 Å². The molecular formula is C12H9NO6. The van der Waals surface area contributed by atoms with E-state index < -0.39 is 17.8 Å². The summed E-state index contributed by atoms with van der Waals surface area (Å²) < 4.78 is 0. The molecule has 0 spiro atoms. The Kier molecular flexibility index (Phi) is 3.28. The number of carbonyl (C=O) groups excluding carboxylic acids is 3. The molecule has 0 bridgehead atoms. The lowest BCUT2D eigenvalue weighted by Gasteiger charge is -2.16. The Bertz CT molecular complexity index is 564. The van der Waals surface area contributed by atoms with E-state index in [9.17, 15) is 19.2 Å². The Morgan fingerprint density at radius 2 is 1.89 bits per heavy atom. The molecule has 0 radical (unpaired) electrons. The fourth-order valence-corrected chi connectivity index (χ4v) is 1.67. The summed E-state index contributed by atoms with van der Waals surface area (Å²) >= 11 is 0. The topological polar surface area (TPSA) is 101 Å². The largest absolute Gasteiger partial charge is 0.478 e. The van der Waals surface area contributed by atoms with Crippen LogP contribution in [-0.4, -0.2) is 34.2 Å². The van der Waals surface area contributed by atoms with Gasteiger partial charge < -0.3 is 9.94 Å². The monoisotopic (exact) mass is 263 g/mol. The van der Waals surface area contributed by atoms with Crippen LogP contribution in [0.4, 0.5) is 0 Å². The molecule has 19 heavy (non-hydrogen) atoms. The summed E-state index contributed by atoms with van der Waals surface area (Å²) in [6.45, 7) is 0. The van der Waals surface area contributed by atoms with E-state index in [2.05, 4.69) is 0 Å². The van der Waals surface area contributed by atoms with Gasteiger partial charge in [0.15, 0.2) is 12.0 Å². The quantitative estimate of drug-likeness (QED) is 0.631. The number of hydrogen-bond donors (Lipinski definition) is 1. The van der Waals surface area contributed by atoms with Crippen molar-refractivity contribution < 1.29 is 29.1 Å². The first-order valence-electron chi connectivity index (χ1n) is 5.40. The minimum absolute atomic E-state index is 0.00446. The summed E-state index contributed by atoms with van der Waals surface area (Å²) in [6, 6.07) is 3.92. The highest BCUT2D eigenvalue weighted by Crippen LogP contribution is 2.26. The second-order valence-corrected chi connectivity index (χ2v) is 3.82. The van der Waals surface area contributed by atoms with Gasteiger partial charge in [0.25, 0.3) is 11.8 Å². The number of hydroxylamine groups is 2. The van der Waals surface area contributed by atoms with Crippen molar-refractivity contribution in [2.75, 3.05) is 0 Å². The number of carbonyl (C=O) groups is 4. The molecule has 1 N–H and O–H groups in total. The number of benzene rings is 1. The van der Waals surface area contributed by atoms with Gasteiger partial charge in [-0.1, -0.05) is 6.07 Å². The van der Waals surface area contributed by atoms with Crippen molar-refractivity contribution in [3.8, 4) is 5.75 Å². The molecule has 1 saturated heterocycles. The lowest BCUT2D eigenvalue weighted by molar-refractivity contribution is -0.164. The molecule has 0 aliphatic carbocycles. The van der Waals surface area contributed by atoms with Gasteiger partial charge in [-0.15, -0.1) is 5.06 Å². The van der Waals surface area contributed by atoms with E-state index in [1.807, 2.05) is 0 Å². The maximum absolute atomic E-state index is 11.4. The normalized spacial score (nSPS) is 14.6. The second kappa shape index (κ2) is 4.89. The third kappa shape index (κ3) is 2.30. The third-order valence-electron chi connectivity index (χ3n) is 2.59. The smallest absolute Gasteiger partial charge is 0.339 e. The lowest BCUT2D eigenvalue weighted by atomic mass is 10.1. The highest BCUT2D eigenvalue weighted by molar-refractivity contribution is 6.01. The fourth-order valence-electron chi connectivity index (χ4n) is 1.67. The number of rotatable bonds is 4. The highest BCUT2D eigenvalue weighted by Gasteiger charge is 2.33. The van der Waals surface area contributed by atoms with Crippen LogP contribution < -0.4 is 4.84 Å². The standard InChI is InChI=1S/C12H9NO6/c14-6-7-2-1-3-8(12(17)18)11(7)19-13-9(15)4-5-10(13)16/h1-3,6H,4-5H2,(H,17,18). The second-order valence-electron chi connectivity index (χ2n) is 3.82. The van der Waals surface area contributed by atoms with E-state index in [1.165, 1.54) is 18.2 Å². The first-order valence-corrected chi connectivity index (χ1v) is 5.40. The maximum Gasteiger partial charge on any atom is 0.339 e. The first-order chi connectivity index (χ1) is 9.04. The zero-order chi connectivity index (χ0) is 14.0. The van der Waals surface area contributed by atoms with Crippen LogP contribution in [0.3, 0.4) is 0 Å². The summed E-state index contributed by atoms with van der Waals surface area (Å²) in [5.41, 5.74) is -0.343. The van der Waals surface area contributed by atoms with Crippen LogP contribution in [0.15, 0.2) is 18.2 Å². The van der Waals surface area contributed by atoms with Gasteiger partial charge in [-0.05, 0) is 12.1 Å². The van der Waals surface area contributed by atoms with E-state index in [0.717, 1.165) is 0 Å². The van der Waals surface area contributed by atoms with Gasteiger partial charge in [0.05, 0.1) is 5.56 Å². The van der Waals surface area contributed by atoms with Crippen LogP contribution in [0.1, 0.15) is 33.6 Å². The van der Waals surface area contributed by atoms with E-state index >= 15 is 0 Å². The van der Waals surface area contributed by atoms with Gasteiger partial charge >= 0.3 is 5.97 Å². The number of carboxylic acids is 1. The van der Waals surface area contributed by atoms with Gasteiger partial charge in [0.2, 0.25) is 0 Å². The summed E-state index contributed by atoms with van der Waals surface area (Å²) in [4.78, 5) is 49.8. The van der Waals surface area contributed by atoms with Crippen molar-refractivity contribution in [1.82, 2.24) is 5.06 Å². The van der Waals surface area contributed by atoms with Gasteiger partial charge in [0, 0.05) is 12.8 Å². The van der Waals surface area contributed by atoms with Gasteiger partial charge in [-0.2, -0.15) is 0 Å². The van der Waals surface area contributed by atoms with Crippen LogP contribution in [0.5, 0.6) is 5.75 Å². The summed E-state index contributed by atoms with van der Waals surface area (Å²) in [7, 11) is 0. The molecule has 0 unspecified atom stereocenters. The van der Waals surface area contributed by atoms with Crippen molar-refractivity contribution in [3.05, 3.63) is 29.3 Å². The van der Waals surface area contributed by atoms with Crippen LogP contribution in [-0.2, 0) is 9.59 Å². The first kappa shape index (κ1) is 12.7. The molecule has 1 fully saturated rings. The van der Waals surface area contributed by atoms with Crippen molar-refractivity contribution in [3.63, 3.8) is 0 Å². The van der Waals surface area contributed by atoms with Crippen LogP contribution in [0, 0.1) is 0 Å². The SMILES string of the molecule is O=Cc1cccc(C(=O)O)c1ON1C(=O)CCC1=O. The number of para-hydroxylation sites is 1. The number of hydrogen-bond acceptors (Lipinski definition) is 5. The molecule has 7 heteroatoms. The lowest BCUT2D eigenvalue weighted by Crippen LogP contribution is -2.33. The van der Waals surface area contributed by atoms with Crippen LogP contribution in [0.25, 0.3) is 0 Å². The molecule has 1 aliphatic heterocycles. The average molecular weight is 263 g/mol. The average Bonchev–Trinajstić information content (AvgIpc) is 2.70. The van der Waals surface area contributed by atoms with Crippen LogP contribution in [0.2, 0.25) is 0 Å². The molecule has 0 aromatic heterocycles. The summed E-state index contributed by atoms with van der Waals surface area (Å²) in [6.07, 6.45) is 0.405. The predicted octanol–water partition coefficient (Wildman–Crippen LogP) is 0.640. The highest BCUT2D eigenvalue weighted by atomic mass is 16.7. The number of carboxylic acid groups (broad SMARTS) is 1. The Morgan fingerprint density at radius 1 is 1.26 bits per heavy atom. The molecular weight excluding hydrogens is 254 g/mol. The summed E-state index contributed by atoms with van der Waals surface area (Å²) in [5.74, 6) is -2.77. The van der Waals surface area contributed by atoms with Crippen LogP contribution >= 0.6 is 0 Å². The Balaban J connectivity index is 2.43. The Labute approximate surface area is 107 Å².